The maximum atomic E-state index is 13.6. The number of para-hydroxylation sites is 1. The predicted octanol–water partition coefficient (Wildman–Crippen LogP) is 4.05. The van der Waals surface area contributed by atoms with Crippen molar-refractivity contribution in [2.75, 3.05) is 40.5 Å². The summed E-state index contributed by atoms with van der Waals surface area (Å²) in [6.07, 6.45) is 3.57. The molecule has 0 atom stereocenters. The largest absolute Gasteiger partial charge is 0.482 e. The monoisotopic (exact) mass is 529 g/mol. The van der Waals surface area contributed by atoms with E-state index < -0.39 is 5.97 Å². The van der Waals surface area contributed by atoms with E-state index in [9.17, 15) is 9.59 Å². The Balaban J connectivity index is 0.00000380. The van der Waals surface area contributed by atoms with Crippen molar-refractivity contribution in [2.45, 2.75) is 38.8 Å². The molecule has 0 saturated carbocycles. The highest BCUT2D eigenvalue weighted by atomic mass is 35.5. The van der Waals surface area contributed by atoms with Crippen molar-refractivity contribution < 1.29 is 23.8 Å². The molecule has 0 spiro atoms. The molecule has 0 radical (unpaired) electrons. The van der Waals surface area contributed by atoms with E-state index in [4.69, 9.17) is 19.9 Å². The number of aryl methyl sites for hydroxylation is 1. The number of likely N-dealkylation sites (tertiary alicyclic amines) is 1. The van der Waals surface area contributed by atoms with E-state index in [0.29, 0.717) is 38.5 Å². The van der Waals surface area contributed by atoms with E-state index in [-0.39, 0.29) is 30.8 Å². The second-order valence-corrected chi connectivity index (χ2v) is 9.21. The van der Waals surface area contributed by atoms with Gasteiger partial charge in [-0.2, -0.15) is 0 Å². The standard InChI is InChI=1S/C28H35N3O5.ClH/c1-19-5-4-6-22-24(17-31(27(19)22)13-14-34-2)28(33)30-11-9-21(10-12-30)23-15-20(16-29)7-8-25(23)36-18-26(32)35-3;/h4-8,15,17,21H,9-14,16,18,29H2,1-3H3;1H. The molecule has 2 N–H and O–H groups in total. The van der Waals surface area contributed by atoms with Gasteiger partial charge in [-0.25, -0.2) is 4.79 Å². The number of esters is 1. The number of hydrogen-bond donors (Lipinski definition) is 1. The summed E-state index contributed by atoms with van der Waals surface area (Å²) in [5, 5.41) is 0.979. The van der Waals surface area contributed by atoms with Gasteiger partial charge < -0.3 is 29.4 Å². The van der Waals surface area contributed by atoms with Gasteiger partial charge in [-0.1, -0.05) is 30.3 Å². The first-order valence-electron chi connectivity index (χ1n) is 12.4. The molecule has 1 aliphatic rings. The highest BCUT2D eigenvalue weighted by Crippen LogP contribution is 2.36. The summed E-state index contributed by atoms with van der Waals surface area (Å²) >= 11 is 0. The second kappa shape index (κ2) is 12.9. The van der Waals surface area contributed by atoms with Crippen molar-refractivity contribution in [1.29, 1.82) is 0 Å². The molecule has 200 valence electrons. The van der Waals surface area contributed by atoms with Crippen molar-refractivity contribution in [2.24, 2.45) is 5.73 Å². The third kappa shape index (κ3) is 6.26. The molecule has 1 fully saturated rings. The van der Waals surface area contributed by atoms with Crippen molar-refractivity contribution in [3.63, 3.8) is 0 Å². The Morgan fingerprint density at radius 3 is 2.54 bits per heavy atom. The molecule has 0 aliphatic carbocycles. The van der Waals surface area contributed by atoms with E-state index in [0.717, 1.165) is 46.0 Å². The number of benzene rings is 2. The molecule has 1 aromatic heterocycles. The van der Waals surface area contributed by atoms with Gasteiger partial charge in [0.15, 0.2) is 6.61 Å². The average molecular weight is 530 g/mol. The predicted molar refractivity (Wildman–Crippen MR) is 146 cm³/mol. The summed E-state index contributed by atoms with van der Waals surface area (Å²) in [6, 6.07) is 11.9. The second-order valence-electron chi connectivity index (χ2n) is 9.21. The van der Waals surface area contributed by atoms with Gasteiger partial charge >= 0.3 is 5.97 Å². The molecule has 1 amide bonds. The number of methoxy groups -OCH3 is 2. The molecule has 8 nitrogen and oxygen atoms in total. The minimum atomic E-state index is -0.427. The summed E-state index contributed by atoms with van der Waals surface area (Å²) in [6.45, 7) is 4.91. The van der Waals surface area contributed by atoms with Crippen LogP contribution >= 0.6 is 12.4 Å². The van der Waals surface area contributed by atoms with Crippen LogP contribution in [0, 0.1) is 6.92 Å². The van der Waals surface area contributed by atoms with Gasteiger partial charge in [0.1, 0.15) is 5.75 Å². The van der Waals surface area contributed by atoms with Crippen molar-refractivity contribution >= 4 is 35.2 Å². The number of rotatable bonds is 9. The van der Waals surface area contributed by atoms with Crippen LogP contribution in [0.4, 0.5) is 0 Å². The van der Waals surface area contributed by atoms with E-state index in [1.165, 1.54) is 7.11 Å². The molecular formula is C28H36ClN3O5. The number of carbonyl (C=O) groups is 2. The number of fused-ring (bicyclic) bond motifs is 1. The summed E-state index contributed by atoms with van der Waals surface area (Å²) in [5.74, 6) is 0.500. The average Bonchev–Trinajstić information content (AvgIpc) is 3.29. The van der Waals surface area contributed by atoms with E-state index in [1.807, 2.05) is 35.4 Å². The third-order valence-corrected chi connectivity index (χ3v) is 6.97. The highest BCUT2D eigenvalue weighted by Gasteiger charge is 2.28. The van der Waals surface area contributed by atoms with Crippen LogP contribution in [0.25, 0.3) is 10.9 Å². The van der Waals surface area contributed by atoms with Gasteiger partial charge in [-0.3, -0.25) is 4.79 Å². The summed E-state index contributed by atoms with van der Waals surface area (Å²) in [5.41, 5.74) is 10.9. The molecule has 0 unspecified atom stereocenters. The van der Waals surface area contributed by atoms with Crippen LogP contribution in [-0.4, -0.2) is 61.9 Å². The quantitative estimate of drug-likeness (QED) is 0.420. The van der Waals surface area contributed by atoms with Gasteiger partial charge in [-0.15, -0.1) is 12.4 Å². The zero-order chi connectivity index (χ0) is 25.7. The van der Waals surface area contributed by atoms with Crippen molar-refractivity contribution in [3.05, 3.63) is 64.8 Å². The Kier molecular flexibility index (Phi) is 9.97. The third-order valence-electron chi connectivity index (χ3n) is 6.97. The van der Waals surface area contributed by atoms with Gasteiger partial charge in [0, 0.05) is 44.9 Å². The first-order valence-corrected chi connectivity index (χ1v) is 12.4. The van der Waals surface area contributed by atoms with Crippen LogP contribution < -0.4 is 10.5 Å². The van der Waals surface area contributed by atoms with E-state index >= 15 is 0 Å². The Labute approximate surface area is 224 Å². The van der Waals surface area contributed by atoms with Gasteiger partial charge in [0.25, 0.3) is 5.91 Å². The van der Waals surface area contributed by atoms with Gasteiger partial charge in [-0.05, 0) is 48.4 Å². The Morgan fingerprint density at radius 2 is 1.86 bits per heavy atom. The number of carbonyl (C=O) groups excluding carboxylic acids is 2. The number of hydrogen-bond acceptors (Lipinski definition) is 6. The minimum absolute atomic E-state index is 0. The smallest absolute Gasteiger partial charge is 0.343 e. The Bertz CT molecular complexity index is 1230. The number of amides is 1. The van der Waals surface area contributed by atoms with Crippen LogP contribution in [0.5, 0.6) is 5.75 Å². The number of nitrogens with two attached hydrogens (primary N) is 1. The highest BCUT2D eigenvalue weighted by molar-refractivity contribution is 6.07. The number of nitrogens with zero attached hydrogens (tertiary/aromatic N) is 2. The summed E-state index contributed by atoms with van der Waals surface area (Å²) in [4.78, 5) is 27.2. The Morgan fingerprint density at radius 1 is 1.11 bits per heavy atom. The van der Waals surface area contributed by atoms with Crippen LogP contribution in [0.2, 0.25) is 0 Å². The minimum Gasteiger partial charge on any atom is -0.482 e. The maximum absolute atomic E-state index is 13.6. The summed E-state index contributed by atoms with van der Waals surface area (Å²) < 4.78 is 17.9. The van der Waals surface area contributed by atoms with Crippen molar-refractivity contribution in [1.82, 2.24) is 9.47 Å². The first kappa shape index (κ1) is 28.5. The Hall–Kier alpha value is -3.07. The van der Waals surface area contributed by atoms with E-state index in [1.54, 1.807) is 7.11 Å². The normalized spacial score (nSPS) is 13.9. The zero-order valence-corrected chi connectivity index (χ0v) is 22.5. The molecule has 1 saturated heterocycles. The van der Waals surface area contributed by atoms with Crippen LogP contribution in [0.3, 0.4) is 0 Å². The van der Waals surface area contributed by atoms with Crippen LogP contribution in [0.1, 0.15) is 45.8 Å². The molecule has 0 bridgehead atoms. The number of ether oxygens (including phenoxy) is 3. The lowest BCUT2D eigenvalue weighted by atomic mass is 9.87. The lowest BCUT2D eigenvalue weighted by molar-refractivity contribution is -0.142. The molecule has 4 rings (SSSR count). The topological polar surface area (TPSA) is 96.0 Å². The maximum Gasteiger partial charge on any atom is 0.343 e. The lowest BCUT2D eigenvalue weighted by Gasteiger charge is -2.33. The molecule has 2 heterocycles. The lowest BCUT2D eigenvalue weighted by Crippen LogP contribution is -2.38. The van der Waals surface area contributed by atoms with Crippen LogP contribution in [0.15, 0.2) is 42.6 Å². The number of piperidine rings is 1. The molecule has 2 aromatic carbocycles. The fourth-order valence-corrected chi connectivity index (χ4v) is 5.02. The summed E-state index contributed by atoms with van der Waals surface area (Å²) in [7, 11) is 3.02. The van der Waals surface area contributed by atoms with E-state index in [2.05, 4.69) is 23.6 Å². The number of aromatic nitrogens is 1. The SMILES string of the molecule is COCCn1cc(C(=O)N2CCC(c3cc(CN)ccc3OCC(=O)OC)CC2)c2cccc(C)c21.Cl. The first-order chi connectivity index (χ1) is 17.5. The molecule has 9 heteroatoms. The fraction of sp³-hybridized carbons (Fsp3) is 0.429. The molecule has 3 aromatic rings. The van der Waals surface area contributed by atoms with Gasteiger partial charge in [0.2, 0.25) is 0 Å². The van der Waals surface area contributed by atoms with Gasteiger partial charge in [0.05, 0.1) is 24.8 Å². The molecule has 1 aliphatic heterocycles. The zero-order valence-electron chi connectivity index (χ0n) is 21.7. The number of halogens is 1. The fourth-order valence-electron chi connectivity index (χ4n) is 5.02. The molecule has 37 heavy (non-hydrogen) atoms. The van der Waals surface area contributed by atoms with Crippen molar-refractivity contribution in [3.8, 4) is 5.75 Å². The molecular weight excluding hydrogens is 494 g/mol. The van der Waals surface area contributed by atoms with Crippen LogP contribution in [-0.2, 0) is 27.4 Å².